The van der Waals surface area contributed by atoms with Crippen molar-refractivity contribution in [3.63, 3.8) is 0 Å². The van der Waals surface area contributed by atoms with Gasteiger partial charge in [-0.25, -0.2) is 4.98 Å². The van der Waals surface area contributed by atoms with E-state index in [1.807, 2.05) is 110 Å². The molecule has 0 unspecified atom stereocenters. The van der Waals surface area contributed by atoms with Gasteiger partial charge in [-0.3, -0.25) is 24.4 Å². The molecule has 286 valence electrons. The van der Waals surface area contributed by atoms with Crippen molar-refractivity contribution in [2.45, 2.75) is 30.1 Å². The largest absolute Gasteiger partial charge is 0.349 e. The Bertz CT molecular complexity index is 2220. The second-order valence-electron chi connectivity index (χ2n) is 14.9. The zero-order valence-electron chi connectivity index (χ0n) is 32.2. The van der Waals surface area contributed by atoms with E-state index in [0.29, 0.717) is 19.0 Å². The number of allylic oxidation sites excluding steroid dienone is 1. The van der Waals surface area contributed by atoms with Crippen LogP contribution in [0.3, 0.4) is 0 Å². The van der Waals surface area contributed by atoms with Gasteiger partial charge >= 0.3 is 0 Å². The van der Waals surface area contributed by atoms with Crippen molar-refractivity contribution in [2.75, 3.05) is 53.6 Å². The van der Waals surface area contributed by atoms with Crippen LogP contribution in [0.5, 0.6) is 0 Å². The van der Waals surface area contributed by atoms with Crippen molar-refractivity contribution in [3.8, 4) is 22.4 Å². The van der Waals surface area contributed by atoms with Gasteiger partial charge in [0.25, 0.3) is 0 Å². The molecule has 2 fully saturated rings. The zero-order valence-corrected chi connectivity index (χ0v) is 33.0. The number of benzene rings is 4. The molecule has 4 heterocycles. The molecule has 4 atom stereocenters. The van der Waals surface area contributed by atoms with E-state index in [1.165, 1.54) is 0 Å². The second-order valence-corrected chi connectivity index (χ2v) is 16.0. The highest BCUT2D eigenvalue weighted by atomic mass is 32.2. The van der Waals surface area contributed by atoms with Crippen molar-refractivity contribution < 1.29 is 14.3 Å². The van der Waals surface area contributed by atoms with Crippen molar-refractivity contribution >= 4 is 34.9 Å². The summed E-state index contributed by atoms with van der Waals surface area (Å²) in [6.45, 7) is 1.67. The van der Waals surface area contributed by atoms with Gasteiger partial charge in [0.2, 0.25) is 11.8 Å². The molecule has 8 rings (SSSR count). The Kier molecular flexibility index (Phi) is 11.0. The third-order valence-electron chi connectivity index (χ3n) is 10.7. The van der Waals surface area contributed by atoms with Crippen molar-refractivity contribution in [1.82, 2.24) is 29.6 Å². The van der Waals surface area contributed by atoms with E-state index in [9.17, 15) is 9.59 Å². The second kappa shape index (κ2) is 16.4. The Labute approximate surface area is 332 Å². The number of amides is 2. The van der Waals surface area contributed by atoms with Gasteiger partial charge in [0.15, 0.2) is 12.1 Å². The van der Waals surface area contributed by atoms with E-state index in [-0.39, 0.29) is 23.2 Å². The first-order chi connectivity index (χ1) is 27.3. The first-order valence-electron chi connectivity index (χ1n) is 19.1. The molecule has 3 aliphatic rings. The molecule has 1 N–H and O–H groups in total. The third-order valence-corrected chi connectivity index (χ3v) is 12.0. The van der Waals surface area contributed by atoms with Gasteiger partial charge in [0, 0.05) is 31.5 Å². The highest BCUT2D eigenvalue weighted by Gasteiger charge is 2.40. The smallest absolute Gasteiger partial charge is 0.246 e. The number of ether oxygens (including phenoxy) is 1. The minimum absolute atomic E-state index is 0.0157. The molecule has 11 heteroatoms. The molecule has 0 aliphatic carbocycles. The fourth-order valence-corrected chi connectivity index (χ4v) is 9.16. The summed E-state index contributed by atoms with van der Waals surface area (Å²) in [6, 6.07) is 36.1. The highest BCUT2D eigenvalue weighted by molar-refractivity contribution is 8.00. The van der Waals surface area contributed by atoms with Crippen LogP contribution < -0.4 is 0 Å². The molecule has 5 aromatic rings. The standard InChI is InChI=1S/C45H47N7O3S/c1-49(2)39(34-11-7-5-8-12-34)42(53)51-23-25-55-44(51)41-47-29-38(48-41)33-21-19-31(20-22-33)30-15-17-32(18-16-30)36-27-37(46-28-36)45-52(24-26-56-45)43(54)40(50(3)4)35-13-9-6-10-14-35/h5-22,28-29,39-40,44-45H,23-27H2,1-4H3,(H,47,48)/t39-,40-,44+,45+/m1/s1. The topological polar surface area (TPSA) is 97.4 Å². The summed E-state index contributed by atoms with van der Waals surface area (Å²) in [5, 5.41) is -0.0617. The molecule has 0 radical (unpaired) electrons. The molecule has 0 saturated carbocycles. The predicted octanol–water partition coefficient (Wildman–Crippen LogP) is 7.29. The van der Waals surface area contributed by atoms with E-state index in [2.05, 4.69) is 58.5 Å². The number of hydrogen-bond donors (Lipinski definition) is 1. The lowest BCUT2D eigenvalue weighted by atomic mass is 9.98. The maximum absolute atomic E-state index is 13.9. The van der Waals surface area contributed by atoms with Crippen LogP contribution >= 0.6 is 11.8 Å². The van der Waals surface area contributed by atoms with Crippen LogP contribution in [0.1, 0.15) is 47.2 Å². The number of H-pyrrole nitrogens is 1. The van der Waals surface area contributed by atoms with E-state index < -0.39 is 12.3 Å². The van der Waals surface area contributed by atoms with Gasteiger partial charge in [-0.15, -0.1) is 11.8 Å². The summed E-state index contributed by atoms with van der Waals surface area (Å²) < 4.78 is 6.05. The van der Waals surface area contributed by atoms with Crippen LogP contribution in [0.4, 0.5) is 0 Å². The van der Waals surface area contributed by atoms with E-state index in [1.54, 1.807) is 22.9 Å². The van der Waals surface area contributed by atoms with Crippen molar-refractivity contribution in [3.05, 3.63) is 144 Å². The van der Waals surface area contributed by atoms with Crippen LogP contribution in [0.25, 0.3) is 28.0 Å². The highest BCUT2D eigenvalue weighted by Crippen LogP contribution is 2.36. The summed E-state index contributed by atoms with van der Waals surface area (Å²) >= 11 is 1.80. The number of nitrogens with zero attached hydrogens (tertiary/aromatic N) is 6. The lowest BCUT2D eigenvalue weighted by Gasteiger charge is -2.31. The monoisotopic (exact) mass is 765 g/mol. The number of aromatic amines is 1. The number of likely N-dealkylation sites (N-methyl/N-ethyl adjacent to an activating group) is 2. The molecule has 4 aromatic carbocycles. The zero-order chi connectivity index (χ0) is 38.8. The number of hydrogen-bond acceptors (Lipinski definition) is 8. The lowest BCUT2D eigenvalue weighted by molar-refractivity contribution is -0.142. The molecular formula is C45H47N7O3S. The van der Waals surface area contributed by atoms with Crippen molar-refractivity contribution in [1.29, 1.82) is 0 Å². The average molecular weight is 766 g/mol. The molecule has 3 aliphatic heterocycles. The number of carbonyl (C=O) groups is 2. The number of rotatable bonds is 11. The van der Waals surface area contributed by atoms with Crippen LogP contribution in [0.15, 0.2) is 127 Å². The SMILES string of the molecule is CN(C)[C@@H](C(=O)N1CCS[C@H]1C1=NC=C(c2ccc(-c3ccc(-c4cnc([C@@H]5OCCN5C(=O)[C@@H](c5ccccc5)N(C)C)[nH]4)cc3)cc2)C1)c1ccccc1. The molecule has 2 amide bonds. The number of carbonyl (C=O) groups excluding carboxylic acids is 2. The number of imidazole rings is 1. The number of aliphatic imine (C=N–C) groups is 1. The fourth-order valence-electron chi connectivity index (χ4n) is 7.90. The molecule has 2 saturated heterocycles. The molecule has 10 nitrogen and oxygen atoms in total. The molecule has 0 bridgehead atoms. The predicted molar refractivity (Wildman–Crippen MR) is 224 cm³/mol. The van der Waals surface area contributed by atoms with E-state index in [0.717, 1.165) is 69.1 Å². The van der Waals surface area contributed by atoms with Crippen molar-refractivity contribution in [2.24, 2.45) is 4.99 Å². The Morgan fingerprint density at radius 1 is 0.732 bits per heavy atom. The van der Waals surface area contributed by atoms with Gasteiger partial charge < -0.3 is 19.5 Å². The Hall–Kier alpha value is -5.33. The summed E-state index contributed by atoms with van der Waals surface area (Å²) in [7, 11) is 7.77. The summed E-state index contributed by atoms with van der Waals surface area (Å²) in [6.07, 6.45) is 3.92. The third kappa shape index (κ3) is 7.60. The van der Waals surface area contributed by atoms with Gasteiger partial charge in [-0.1, -0.05) is 109 Å². The fraction of sp³-hybridized carbons (Fsp3) is 0.289. The number of thioether (sulfide) groups is 1. The molecule has 0 spiro atoms. The molecule has 56 heavy (non-hydrogen) atoms. The number of nitrogens with one attached hydrogen (secondary N) is 1. The van der Waals surface area contributed by atoms with Crippen LogP contribution in [-0.4, -0.2) is 106 Å². The van der Waals surface area contributed by atoms with Gasteiger partial charge in [0.05, 0.1) is 24.2 Å². The van der Waals surface area contributed by atoms with E-state index >= 15 is 0 Å². The summed E-state index contributed by atoms with van der Waals surface area (Å²) in [4.78, 5) is 48.4. The van der Waals surface area contributed by atoms with E-state index in [4.69, 9.17) is 9.73 Å². The Morgan fingerprint density at radius 3 is 1.88 bits per heavy atom. The quantitative estimate of drug-likeness (QED) is 0.151. The minimum atomic E-state index is -0.579. The van der Waals surface area contributed by atoms with Crippen LogP contribution in [-0.2, 0) is 14.3 Å². The Morgan fingerprint density at radius 2 is 1.29 bits per heavy atom. The summed E-state index contributed by atoms with van der Waals surface area (Å²) in [5.41, 5.74) is 9.35. The molecular weight excluding hydrogens is 719 g/mol. The molecule has 1 aromatic heterocycles. The van der Waals surface area contributed by atoms with Crippen LogP contribution in [0, 0.1) is 0 Å². The summed E-state index contributed by atoms with van der Waals surface area (Å²) in [5.74, 6) is 1.61. The first kappa shape index (κ1) is 37.6. The average Bonchev–Trinajstić information content (AvgIpc) is 4.06. The van der Waals surface area contributed by atoms with Gasteiger partial charge in [-0.2, -0.15) is 0 Å². The van der Waals surface area contributed by atoms with Crippen LogP contribution in [0.2, 0.25) is 0 Å². The maximum atomic E-state index is 13.9. The Balaban J connectivity index is 0.901. The first-order valence-corrected chi connectivity index (χ1v) is 20.1. The minimum Gasteiger partial charge on any atom is -0.349 e. The number of aromatic nitrogens is 2. The maximum Gasteiger partial charge on any atom is 0.246 e. The van der Waals surface area contributed by atoms with Gasteiger partial charge in [0.1, 0.15) is 17.5 Å². The normalized spacial score (nSPS) is 19.4. The lowest BCUT2D eigenvalue weighted by Crippen LogP contribution is -2.45. The van der Waals surface area contributed by atoms with Gasteiger partial charge in [-0.05, 0) is 67.1 Å².